The highest BCUT2D eigenvalue weighted by atomic mass is 32.2. The van der Waals surface area contributed by atoms with Gasteiger partial charge in [0.2, 0.25) is 5.91 Å². The Bertz CT molecular complexity index is 1420. The lowest BCUT2D eigenvalue weighted by molar-refractivity contribution is -0.141. The number of nitrogens with one attached hydrogen (secondary N) is 2. The fraction of sp³-hybridized carbons (Fsp3) is 0.222. The molecule has 0 radical (unpaired) electrons. The molecule has 41 heavy (non-hydrogen) atoms. The standard InChI is InChI=1S/C27H25N3O10S/c31-21(9-11-23(34)35)30(18-6-4-15(5-7-18)13-20-25(37)29-27(40)41-20)14-16-2-1-3-17(12-16)24(36)28-19(26(38)39)8-10-22(32)33/h1-7,12-13,19H,8-11,14H2,(H,28,36)(H,32,33)(H,34,35)(H,38,39)(H,29,37,40)/b20-13-/t19-/m1/s1. The molecule has 14 heteroatoms. The normalized spacial score (nSPS) is 14.3. The smallest absolute Gasteiger partial charge is 0.326 e. The Morgan fingerprint density at radius 2 is 1.61 bits per heavy atom. The Morgan fingerprint density at radius 1 is 0.927 bits per heavy atom. The predicted octanol–water partition coefficient (Wildman–Crippen LogP) is 2.46. The molecule has 3 rings (SSSR count). The third kappa shape index (κ3) is 9.03. The van der Waals surface area contributed by atoms with Crippen molar-refractivity contribution in [1.29, 1.82) is 0 Å². The van der Waals surface area contributed by atoms with Crippen LogP contribution in [0.1, 0.15) is 47.2 Å². The van der Waals surface area contributed by atoms with Crippen molar-refractivity contribution < 1.29 is 48.9 Å². The van der Waals surface area contributed by atoms with Crippen LogP contribution in [0, 0.1) is 0 Å². The summed E-state index contributed by atoms with van der Waals surface area (Å²) < 4.78 is 0. The maximum Gasteiger partial charge on any atom is 0.326 e. The van der Waals surface area contributed by atoms with E-state index in [2.05, 4.69) is 10.6 Å². The Labute approximate surface area is 237 Å². The number of carbonyl (C=O) groups is 7. The average Bonchev–Trinajstić information content (AvgIpc) is 3.24. The van der Waals surface area contributed by atoms with E-state index in [4.69, 9.17) is 10.2 Å². The highest BCUT2D eigenvalue weighted by Crippen LogP contribution is 2.27. The molecule has 13 nitrogen and oxygen atoms in total. The van der Waals surface area contributed by atoms with Crippen LogP contribution in [0.15, 0.2) is 53.4 Å². The number of anilines is 1. The van der Waals surface area contributed by atoms with Crippen LogP contribution in [0.4, 0.5) is 10.5 Å². The van der Waals surface area contributed by atoms with Crippen molar-refractivity contribution in [2.24, 2.45) is 0 Å². The van der Waals surface area contributed by atoms with E-state index in [1.165, 1.54) is 29.2 Å². The second-order valence-electron chi connectivity index (χ2n) is 8.81. The van der Waals surface area contributed by atoms with Crippen LogP contribution in [0.25, 0.3) is 6.08 Å². The van der Waals surface area contributed by atoms with Gasteiger partial charge in [0.25, 0.3) is 17.1 Å². The largest absolute Gasteiger partial charge is 0.481 e. The van der Waals surface area contributed by atoms with Crippen molar-refractivity contribution in [3.05, 3.63) is 70.1 Å². The lowest BCUT2D eigenvalue weighted by Crippen LogP contribution is -2.41. The number of benzene rings is 2. The molecule has 0 aromatic heterocycles. The first kappa shape index (κ1) is 30.6. The van der Waals surface area contributed by atoms with Crippen LogP contribution < -0.4 is 15.5 Å². The summed E-state index contributed by atoms with van der Waals surface area (Å²) in [4.78, 5) is 83.8. The molecule has 0 unspecified atom stereocenters. The number of hydrogen-bond donors (Lipinski definition) is 5. The van der Waals surface area contributed by atoms with Gasteiger partial charge in [-0.05, 0) is 59.7 Å². The van der Waals surface area contributed by atoms with E-state index in [-0.39, 0.29) is 29.9 Å². The first-order chi connectivity index (χ1) is 19.4. The highest BCUT2D eigenvalue weighted by Gasteiger charge is 2.25. The summed E-state index contributed by atoms with van der Waals surface area (Å²) in [5.41, 5.74) is 1.53. The Kier molecular flexibility index (Phi) is 10.4. The van der Waals surface area contributed by atoms with Crippen molar-refractivity contribution in [3.63, 3.8) is 0 Å². The summed E-state index contributed by atoms with van der Waals surface area (Å²) >= 11 is 0.758. The van der Waals surface area contributed by atoms with E-state index < -0.39 is 59.8 Å². The number of nitrogens with zero attached hydrogens (tertiary/aromatic N) is 1. The Balaban J connectivity index is 1.82. The number of carboxylic acids is 3. The van der Waals surface area contributed by atoms with Gasteiger partial charge >= 0.3 is 17.9 Å². The van der Waals surface area contributed by atoms with Gasteiger partial charge in [0.05, 0.1) is 17.9 Å². The molecule has 0 spiro atoms. The van der Waals surface area contributed by atoms with Crippen molar-refractivity contribution in [1.82, 2.24) is 10.6 Å². The molecule has 2 aromatic carbocycles. The van der Waals surface area contributed by atoms with Crippen molar-refractivity contribution in [2.75, 3.05) is 4.90 Å². The first-order valence-electron chi connectivity index (χ1n) is 12.1. The third-order valence-electron chi connectivity index (χ3n) is 5.78. The number of thioether (sulfide) groups is 1. The summed E-state index contributed by atoms with van der Waals surface area (Å²) in [6.45, 7) is -0.0614. The van der Waals surface area contributed by atoms with Crippen molar-refractivity contribution >= 4 is 64.4 Å². The van der Waals surface area contributed by atoms with E-state index in [0.29, 0.717) is 16.8 Å². The summed E-state index contributed by atoms with van der Waals surface area (Å²) in [6.07, 6.45) is 0.0343. The predicted molar refractivity (Wildman–Crippen MR) is 146 cm³/mol. The first-order valence-corrected chi connectivity index (χ1v) is 13.0. The van der Waals surface area contributed by atoms with Gasteiger partial charge in [0.1, 0.15) is 6.04 Å². The monoisotopic (exact) mass is 583 g/mol. The average molecular weight is 584 g/mol. The number of aliphatic carboxylic acids is 3. The molecule has 0 aliphatic carbocycles. The molecule has 1 heterocycles. The van der Waals surface area contributed by atoms with Crippen molar-refractivity contribution in [3.8, 4) is 0 Å². The number of carboxylic acid groups (broad SMARTS) is 3. The SMILES string of the molecule is O=C(O)CCC(=O)N(Cc1cccc(C(=O)N[C@H](CCC(=O)O)C(=O)O)c1)c1ccc(/C=C2\SC(=O)NC2=O)cc1. The molecule has 5 N–H and O–H groups in total. The van der Waals surface area contributed by atoms with Crippen LogP contribution in [0.5, 0.6) is 0 Å². The molecule has 0 bridgehead atoms. The minimum Gasteiger partial charge on any atom is -0.481 e. The minimum absolute atomic E-state index is 0.0614. The van der Waals surface area contributed by atoms with Gasteiger partial charge in [-0.25, -0.2) is 4.79 Å². The van der Waals surface area contributed by atoms with Gasteiger partial charge in [-0.3, -0.25) is 34.1 Å². The van der Waals surface area contributed by atoms with Gasteiger partial charge in [0.15, 0.2) is 0 Å². The lowest BCUT2D eigenvalue weighted by Gasteiger charge is -2.23. The quantitative estimate of drug-likeness (QED) is 0.216. The summed E-state index contributed by atoms with van der Waals surface area (Å²) in [5.74, 6) is -5.53. The molecule has 4 amide bonds. The van der Waals surface area contributed by atoms with Gasteiger partial charge in [-0.1, -0.05) is 24.3 Å². The fourth-order valence-corrected chi connectivity index (χ4v) is 4.44. The molecule has 1 aliphatic heterocycles. The van der Waals surface area contributed by atoms with Crippen LogP contribution >= 0.6 is 11.8 Å². The number of carbonyl (C=O) groups excluding carboxylic acids is 4. The number of amides is 4. The molecule has 214 valence electrons. The van der Waals surface area contributed by atoms with Crippen LogP contribution in [0.3, 0.4) is 0 Å². The zero-order valence-corrected chi connectivity index (χ0v) is 22.2. The van der Waals surface area contributed by atoms with E-state index in [1.54, 1.807) is 30.3 Å². The zero-order valence-electron chi connectivity index (χ0n) is 21.4. The summed E-state index contributed by atoms with van der Waals surface area (Å²) in [5, 5.41) is 31.1. The van der Waals surface area contributed by atoms with Gasteiger partial charge in [-0.2, -0.15) is 0 Å². The molecular formula is C27H25N3O10S. The van der Waals surface area contributed by atoms with Gasteiger partial charge < -0.3 is 25.5 Å². The van der Waals surface area contributed by atoms with E-state index >= 15 is 0 Å². The van der Waals surface area contributed by atoms with Gasteiger partial charge in [0, 0.05) is 24.1 Å². The maximum absolute atomic E-state index is 13.0. The topological polar surface area (TPSA) is 207 Å². The molecule has 1 fully saturated rings. The zero-order chi connectivity index (χ0) is 30.1. The Hall–Kier alpha value is -4.98. The van der Waals surface area contributed by atoms with E-state index in [0.717, 1.165) is 11.8 Å². The second-order valence-corrected chi connectivity index (χ2v) is 9.83. The maximum atomic E-state index is 13.0. The van der Waals surface area contributed by atoms with Crippen molar-refractivity contribution in [2.45, 2.75) is 38.3 Å². The van der Waals surface area contributed by atoms with E-state index in [9.17, 15) is 38.7 Å². The van der Waals surface area contributed by atoms with Crippen LogP contribution in [-0.2, 0) is 30.5 Å². The molecule has 2 aromatic rings. The Morgan fingerprint density at radius 3 is 2.20 bits per heavy atom. The fourth-order valence-electron chi connectivity index (χ4n) is 3.76. The number of hydrogen-bond acceptors (Lipinski definition) is 8. The number of rotatable bonds is 13. The van der Waals surface area contributed by atoms with Gasteiger partial charge in [-0.15, -0.1) is 0 Å². The number of imide groups is 1. The molecular weight excluding hydrogens is 558 g/mol. The lowest BCUT2D eigenvalue weighted by atomic mass is 10.1. The van der Waals surface area contributed by atoms with E-state index in [1.807, 2.05) is 0 Å². The molecule has 1 aliphatic rings. The second kappa shape index (κ2) is 13.9. The molecule has 1 atom stereocenters. The third-order valence-corrected chi connectivity index (χ3v) is 6.59. The minimum atomic E-state index is -1.42. The molecule has 0 saturated carbocycles. The summed E-state index contributed by atoms with van der Waals surface area (Å²) in [7, 11) is 0. The highest BCUT2D eigenvalue weighted by molar-refractivity contribution is 8.18. The van der Waals surface area contributed by atoms with Crippen LogP contribution in [0.2, 0.25) is 0 Å². The van der Waals surface area contributed by atoms with Crippen LogP contribution in [-0.4, -0.2) is 62.2 Å². The summed E-state index contributed by atoms with van der Waals surface area (Å²) in [6, 6.07) is 11.0. The molecule has 1 saturated heterocycles.